The molecule has 3 nitrogen and oxygen atoms in total. The summed E-state index contributed by atoms with van der Waals surface area (Å²) >= 11 is 0. The molecule has 0 radical (unpaired) electrons. The van der Waals surface area contributed by atoms with Crippen LogP contribution in [0.15, 0.2) is 29.1 Å². The molecule has 1 aromatic heterocycles. The summed E-state index contributed by atoms with van der Waals surface area (Å²) in [5, 5.41) is 0.655. The first-order valence-corrected chi connectivity index (χ1v) is 4.62. The second-order valence-corrected chi connectivity index (χ2v) is 3.32. The molecule has 0 aliphatic rings. The van der Waals surface area contributed by atoms with Crippen LogP contribution in [-0.4, -0.2) is 4.98 Å². The fraction of sp³-hybridized carbons (Fsp3) is 0.182. The van der Waals surface area contributed by atoms with Gasteiger partial charge in [-0.15, -0.1) is 0 Å². The molecule has 0 saturated carbocycles. The van der Waals surface area contributed by atoms with Gasteiger partial charge in [-0.1, -0.05) is 6.92 Å². The molecule has 14 heavy (non-hydrogen) atoms. The molecule has 1 heterocycles. The summed E-state index contributed by atoms with van der Waals surface area (Å²) in [6.07, 6.45) is 0.829. The standard InChI is InChI=1S/C11H12N2O/c1-2-8-6-11(14)9-5-7(12)3-4-10(9)13-8/h3-6H,2,12H2,1H3,(H,13,14). The Morgan fingerprint density at radius 3 is 2.86 bits per heavy atom. The Kier molecular flexibility index (Phi) is 2.00. The average molecular weight is 188 g/mol. The average Bonchev–Trinajstić information content (AvgIpc) is 2.19. The van der Waals surface area contributed by atoms with E-state index in [-0.39, 0.29) is 5.43 Å². The lowest BCUT2D eigenvalue weighted by Gasteiger charge is -2.02. The van der Waals surface area contributed by atoms with E-state index in [1.54, 1.807) is 18.2 Å². The van der Waals surface area contributed by atoms with Gasteiger partial charge in [0.2, 0.25) is 0 Å². The molecule has 3 heteroatoms. The summed E-state index contributed by atoms with van der Waals surface area (Å²) < 4.78 is 0. The maximum absolute atomic E-state index is 11.6. The second-order valence-electron chi connectivity index (χ2n) is 3.32. The number of H-pyrrole nitrogens is 1. The maximum Gasteiger partial charge on any atom is 0.189 e. The van der Waals surface area contributed by atoms with Crippen LogP contribution in [0.3, 0.4) is 0 Å². The van der Waals surface area contributed by atoms with Gasteiger partial charge in [0.15, 0.2) is 5.43 Å². The van der Waals surface area contributed by atoms with Crippen molar-refractivity contribution in [2.24, 2.45) is 0 Å². The first-order chi connectivity index (χ1) is 6.70. The highest BCUT2D eigenvalue weighted by Gasteiger charge is 2.00. The Bertz CT molecular complexity index is 528. The number of rotatable bonds is 1. The van der Waals surface area contributed by atoms with E-state index in [0.29, 0.717) is 11.1 Å². The minimum atomic E-state index is 0.0305. The summed E-state index contributed by atoms with van der Waals surface area (Å²) in [6.45, 7) is 2.01. The smallest absolute Gasteiger partial charge is 0.189 e. The zero-order chi connectivity index (χ0) is 10.1. The van der Waals surface area contributed by atoms with Crippen LogP contribution in [0.25, 0.3) is 10.9 Å². The molecule has 0 fully saturated rings. The first kappa shape index (κ1) is 8.81. The molecule has 72 valence electrons. The number of aromatic amines is 1. The fourth-order valence-corrected chi connectivity index (χ4v) is 1.51. The molecular formula is C11H12N2O. The number of pyridine rings is 1. The van der Waals surface area contributed by atoms with Crippen molar-refractivity contribution in [1.82, 2.24) is 4.98 Å². The summed E-state index contributed by atoms with van der Waals surface area (Å²) in [4.78, 5) is 14.8. The van der Waals surface area contributed by atoms with Gasteiger partial charge >= 0.3 is 0 Å². The number of anilines is 1. The van der Waals surface area contributed by atoms with E-state index in [1.807, 2.05) is 13.0 Å². The third-order valence-corrected chi connectivity index (χ3v) is 2.29. The first-order valence-electron chi connectivity index (χ1n) is 4.62. The van der Waals surface area contributed by atoms with Crippen molar-refractivity contribution in [3.8, 4) is 0 Å². The van der Waals surface area contributed by atoms with E-state index in [4.69, 9.17) is 5.73 Å². The van der Waals surface area contributed by atoms with Gasteiger partial charge in [-0.3, -0.25) is 4.79 Å². The lowest BCUT2D eigenvalue weighted by Crippen LogP contribution is -2.04. The molecule has 0 atom stereocenters. The molecule has 0 aliphatic carbocycles. The Hall–Kier alpha value is -1.77. The van der Waals surface area contributed by atoms with Crippen LogP contribution in [0.4, 0.5) is 5.69 Å². The number of nitrogens with two attached hydrogens (primary N) is 1. The highest BCUT2D eigenvalue weighted by atomic mass is 16.1. The number of nitrogens with one attached hydrogen (secondary N) is 1. The van der Waals surface area contributed by atoms with Crippen LogP contribution < -0.4 is 11.2 Å². The molecule has 0 spiro atoms. The lowest BCUT2D eigenvalue weighted by molar-refractivity contribution is 1.05. The summed E-state index contributed by atoms with van der Waals surface area (Å²) in [5.74, 6) is 0. The number of nitrogen functional groups attached to an aromatic ring is 1. The van der Waals surface area contributed by atoms with Gasteiger partial charge in [-0.2, -0.15) is 0 Å². The number of aryl methyl sites for hydroxylation is 1. The van der Waals surface area contributed by atoms with Gasteiger partial charge in [0.1, 0.15) is 0 Å². The Balaban J connectivity index is 2.83. The molecule has 0 bridgehead atoms. The lowest BCUT2D eigenvalue weighted by atomic mass is 10.1. The third kappa shape index (κ3) is 1.37. The van der Waals surface area contributed by atoms with Gasteiger partial charge in [-0.25, -0.2) is 0 Å². The van der Waals surface area contributed by atoms with Gasteiger partial charge in [-0.05, 0) is 24.6 Å². The Morgan fingerprint density at radius 1 is 1.36 bits per heavy atom. The van der Waals surface area contributed by atoms with Crippen molar-refractivity contribution in [2.75, 3.05) is 5.73 Å². The van der Waals surface area contributed by atoms with Crippen LogP contribution in [0, 0.1) is 0 Å². The predicted molar refractivity (Wildman–Crippen MR) is 58.4 cm³/mol. The molecular weight excluding hydrogens is 176 g/mol. The van der Waals surface area contributed by atoms with E-state index >= 15 is 0 Å². The van der Waals surface area contributed by atoms with Gasteiger partial charge in [0, 0.05) is 28.4 Å². The molecule has 2 aromatic rings. The van der Waals surface area contributed by atoms with Crippen molar-refractivity contribution in [2.45, 2.75) is 13.3 Å². The Morgan fingerprint density at radius 2 is 2.14 bits per heavy atom. The van der Waals surface area contributed by atoms with E-state index in [9.17, 15) is 4.79 Å². The quantitative estimate of drug-likeness (QED) is 0.669. The van der Waals surface area contributed by atoms with Crippen LogP contribution >= 0.6 is 0 Å². The molecule has 0 aliphatic heterocycles. The van der Waals surface area contributed by atoms with E-state index in [0.717, 1.165) is 17.6 Å². The number of fused-ring (bicyclic) bond motifs is 1. The topological polar surface area (TPSA) is 58.9 Å². The van der Waals surface area contributed by atoms with E-state index in [2.05, 4.69) is 4.98 Å². The monoisotopic (exact) mass is 188 g/mol. The van der Waals surface area contributed by atoms with E-state index < -0.39 is 0 Å². The second kappa shape index (κ2) is 3.18. The molecule has 0 amide bonds. The van der Waals surface area contributed by atoms with Crippen LogP contribution in [0.1, 0.15) is 12.6 Å². The Labute approximate surface area is 81.6 Å². The van der Waals surface area contributed by atoms with Gasteiger partial charge in [0.25, 0.3) is 0 Å². The minimum absolute atomic E-state index is 0.0305. The fourth-order valence-electron chi connectivity index (χ4n) is 1.51. The SMILES string of the molecule is CCc1cc(=O)c2cc(N)ccc2[nH]1. The van der Waals surface area contributed by atoms with Crippen molar-refractivity contribution in [1.29, 1.82) is 0 Å². The number of hydrogen-bond acceptors (Lipinski definition) is 2. The highest BCUT2D eigenvalue weighted by molar-refractivity contribution is 5.81. The summed E-state index contributed by atoms with van der Waals surface area (Å²) in [6, 6.07) is 6.96. The van der Waals surface area contributed by atoms with Gasteiger partial charge in [0.05, 0.1) is 0 Å². The van der Waals surface area contributed by atoms with Crippen LogP contribution in [-0.2, 0) is 6.42 Å². The predicted octanol–water partition coefficient (Wildman–Crippen LogP) is 1.67. The highest BCUT2D eigenvalue weighted by Crippen LogP contribution is 2.12. The number of aromatic nitrogens is 1. The molecule has 0 unspecified atom stereocenters. The normalized spacial score (nSPS) is 10.6. The van der Waals surface area contributed by atoms with Crippen molar-refractivity contribution < 1.29 is 0 Å². The maximum atomic E-state index is 11.6. The van der Waals surface area contributed by atoms with Crippen molar-refractivity contribution >= 4 is 16.6 Å². The third-order valence-electron chi connectivity index (χ3n) is 2.29. The zero-order valence-electron chi connectivity index (χ0n) is 8.00. The van der Waals surface area contributed by atoms with E-state index in [1.165, 1.54) is 0 Å². The molecule has 1 aromatic carbocycles. The van der Waals surface area contributed by atoms with Crippen LogP contribution in [0.5, 0.6) is 0 Å². The molecule has 2 rings (SSSR count). The molecule has 3 N–H and O–H groups in total. The van der Waals surface area contributed by atoms with Gasteiger partial charge < -0.3 is 10.7 Å². The summed E-state index contributed by atoms with van der Waals surface area (Å²) in [7, 11) is 0. The minimum Gasteiger partial charge on any atom is -0.399 e. The van der Waals surface area contributed by atoms with Crippen molar-refractivity contribution in [3.05, 3.63) is 40.2 Å². The molecule has 0 saturated heterocycles. The summed E-state index contributed by atoms with van der Waals surface area (Å²) in [5.41, 5.74) is 8.06. The largest absolute Gasteiger partial charge is 0.399 e. The number of hydrogen-bond donors (Lipinski definition) is 2. The zero-order valence-corrected chi connectivity index (χ0v) is 8.00. The number of benzene rings is 1. The van der Waals surface area contributed by atoms with Crippen molar-refractivity contribution in [3.63, 3.8) is 0 Å². The van der Waals surface area contributed by atoms with Crippen LogP contribution in [0.2, 0.25) is 0 Å².